The second-order valence-corrected chi connectivity index (χ2v) is 7.58. The molecule has 0 amide bonds. The molecule has 1 aliphatic rings. The van der Waals surface area contributed by atoms with Crippen molar-refractivity contribution in [3.05, 3.63) is 47.3 Å². The first kappa shape index (κ1) is 20.2. The topological polar surface area (TPSA) is 83.7 Å². The molecule has 3 heterocycles. The van der Waals surface area contributed by atoms with Gasteiger partial charge in [0.15, 0.2) is 5.65 Å². The smallest absolute Gasteiger partial charge is 0.341 e. The van der Waals surface area contributed by atoms with Gasteiger partial charge in [0.25, 0.3) is 0 Å². The average Bonchev–Trinajstić information content (AvgIpc) is 3.02. The summed E-state index contributed by atoms with van der Waals surface area (Å²) < 4.78 is 7.05. The number of phenolic OH excluding ortho intramolecular Hbond substituents is 1. The summed E-state index contributed by atoms with van der Waals surface area (Å²) in [6, 6.07) is 7.38. The fraction of sp³-hybridized carbons (Fsp3) is 0.409. The minimum atomic E-state index is -0.354. The van der Waals surface area contributed by atoms with E-state index in [2.05, 4.69) is 19.9 Å². The normalized spacial score (nSPS) is 15.0. The number of fused-ring (bicyclic) bond motifs is 1. The molecule has 2 aromatic heterocycles. The van der Waals surface area contributed by atoms with Crippen LogP contribution in [0.2, 0.25) is 0 Å². The minimum absolute atomic E-state index is 0.288. The molecule has 158 valence electrons. The van der Waals surface area contributed by atoms with Crippen molar-refractivity contribution in [3.63, 3.8) is 0 Å². The molecule has 0 saturated carbocycles. The summed E-state index contributed by atoms with van der Waals surface area (Å²) in [5, 5.41) is 15.1. The molecule has 0 aliphatic carbocycles. The largest absolute Gasteiger partial charge is 0.508 e. The quantitative estimate of drug-likeness (QED) is 0.648. The molecule has 1 fully saturated rings. The number of carbonyl (C=O) groups excluding carboxylic acids is 1. The highest BCUT2D eigenvalue weighted by Crippen LogP contribution is 2.33. The van der Waals surface area contributed by atoms with Gasteiger partial charge < -0.3 is 14.7 Å². The highest BCUT2D eigenvalue weighted by Gasteiger charge is 2.27. The van der Waals surface area contributed by atoms with E-state index in [4.69, 9.17) is 4.74 Å². The molecule has 4 rings (SSSR count). The lowest BCUT2D eigenvalue weighted by Gasteiger charge is -2.37. The van der Waals surface area contributed by atoms with Crippen molar-refractivity contribution in [2.75, 3.05) is 37.7 Å². The second-order valence-electron chi connectivity index (χ2n) is 7.58. The number of hydrogen-bond acceptors (Lipinski definition) is 7. The molecule has 30 heavy (non-hydrogen) atoms. The molecular weight excluding hydrogens is 382 g/mol. The van der Waals surface area contributed by atoms with Crippen LogP contribution in [-0.4, -0.2) is 63.5 Å². The lowest BCUT2D eigenvalue weighted by Crippen LogP contribution is -2.46. The maximum atomic E-state index is 12.7. The Labute approximate surface area is 175 Å². The Bertz CT molecular complexity index is 1070. The Balaban J connectivity index is 1.61. The number of nitrogens with zero attached hydrogens (tertiary/aromatic N) is 5. The number of piperazine rings is 1. The van der Waals surface area contributed by atoms with Crippen LogP contribution in [0.15, 0.2) is 30.5 Å². The van der Waals surface area contributed by atoms with Crippen LogP contribution in [-0.2, 0) is 18.3 Å². The number of aromatic hydroxyl groups is 1. The van der Waals surface area contributed by atoms with Gasteiger partial charge in [0.2, 0.25) is 0 Å². The zero-order chi connectivity index (χ0) is 21.3. The third-order valence-corrected chi connectivity index (χ3v) is 5.50. The predicted molar refractivity (Wildman–Crippen MR) is 115 cm³/mol. The molecule has 0 radical (unpaired) electrons. The van der Waals surface area contributed by atoms with Crippen LogP contribution < -0.4 is 4.90 Å². The molecule has 1 aliphatic heterocycles. The fourth-order valence-electron chi connectivity index (χ4n) is 4.12. The summed E-state index contributed by atoms with van der Waals surface area (Å²) in [5.41, 5.74) is 4.05. The van der Waals surface area contributed by atoms with E-state index in [0.29, 0.717) is 12.2 Å². The second kappa shape index (κ2) is 8.31. The van der Waals surface area contributed by atoms with E-state index in [-0.39, 0.29) is 11.7 Å². The third kappa shape index (κ3) is 3.82. The number of ether oxygens (including phenoxy) is 1. The standard InChI is InChI=1S/C22H27N5O3/c1-4-30-22(29)18-13-23-21-19(15(2)24-25(21)3)20(18)27-10-8-26(9-11-27)14-16-6-5-7-17(28)12-16/h5-7,12-13,28H,4,8-11,14H2,1-3H3. The van der Waals surface area contributed by atoms with Gasteiger partial charge in [-0.3, -0.25) is 9.58 Å². The van der Waals surface area contributed by atoms with Crippen molar-refractivity contribution in [3.8, 4) is 5.75 Å². The van der Waals surface area contributed by atoms with Crippen molar-refractivity contribution in [2.24, 2.45) is 7.05 Å². The summed E-state index contributed by atoms with van der Waals surface area (Å²) in [6.45, 7) is 8.10. The lowest BCUT2D eigenvalue weighted by atomic mass is 10.1. The van der Waals surface area contributed by atoms with Crippen LogP contribution >= 0.6 is 0 Å². The zero-order valence-corrected chi connectivity index (χ0v) is 17.6. The number of pyridine rings is 1. The molecule has 3 aromatic rings. The molecule has 0 spiro atoms. The molecule has 0 unspecified atom stereocenters. The number of hydrogen-bond donors (Lipinski definition) is 1. The minimum Gasteiger partial charge on any atom is -0.508 e. The number of aromatic nitrogens is 3. The number of rotatable bonds is 5. The maximum absolute atomic E-state index is 12.7. The van der Waals surface area contributed by atoms with Crippen molar-refractivity contribution in [2.45, 2.75) is 20.4 Å². The van der Waals surface area contributed by atoms with Gasteiger partial charge in [0.1, 0.15) is 11.3 Å². The number of benzene rings is 1. The first-order chi connectivity index (χ1) is 14.5. The lowest BCUT2D eigenvalue weighted by molar-refractivity contribution is 0.0526. The van der Waals surface area contributed by atoms with Gasteiger partial charge in [0.05, 0.1) is 23.4 Å². The van der Waals surface area contributed by atoms with E-state index in [9.17, 15) is 9.90 Å². The number of carbonyl (C=O) groups is 1. The highest BCUT2D eigenvalue weighted by atomic mass is 16.5. The Morgan fingerprint density at radius 2 is 2.00 bits per heavy atom. The van der Waals surface area contributed by atoms with E-state index in [1.807, 2.05) is 26.1 Å². The van der Waals surface area contributed by atoms with Gasteiger partial charge in [-0.05, 0) is 31.5 Å². The number of phenols is 1. The SMILES string of the molecule is CCOC(=O)c1cnc2c(c(C)nn2C)c1N1CCN(Cc2cccc(O)c2)CC1. The van der Waals surface area contributed by atoms with E-state index < -0.39 is 0 Å². The number of anilines is 1. The molecule has 8 nitrogen and oxygen atoms in total. The predicted octanol–water partition coefficient (Wildman–Crippen LogP) is 2.48. The van der Waals surface area contributed by atoms with Crippen molar-refractivity contribution in [1.29, 1.82) is 0 Å². The van der Waals surface area contributed by atoms with Gasteiger partial charge in [-0.25, -0.2) is 9.78 Å². The number of aryl methyl sites for hydroxylation is 2. The summed E-state index contributed by atoms with van der Waals surface area (Å²) in [7, 11) is 1.86. The van der Waals surface area contributed by atoms with Gasteiger partial charge >= 0.3 is 5.97 Å². The Morgan fingerprint density at radius 1 is 1.23 bits per heavy atom. The fourth-order valence-corrected chi connectivity index (χ4v) is 4.12. The van der Waals surface area contributed by atoms with Crippen molar-refractivity contribution >= 4 is 22.7 Å². The molecule has 1 saturated heterocycles. The molecular formula is C22H27N5O3. The molecule has 1 aromatic carbocycles. The van der Waals surface area contributed by atoms with Crippen LogP contribution in [0.25, 0.3) is 11.0 Å². The first-order valence-corrected chi connectivity index (χ1v) is 10.2. The zero-order valence-electron chi connectivity index (χ0n) is 17.6. The van der Waals surface area contributed by atoms with Gasteiger partial charge in [-0.2, -0.15) is 5.10 Å². The summed E-state index contributed by atoms with van der Waals surface area (Å²) in [6.07, 6.45) is 1.61. The van der Waals surface area contributed by atoms with Crippen molar-refractivity contribution < 1.29 is 14.6 Å². The Kier molecular flexibility index (Phi) is 5.59. The number of esters is 1. The Morgan fingerprint density at radius 3 is 2.70 bits per heavy atom. The molecule has 0 bridgehead atoms. The van der Waals surface area contributed by atoms with Crippen LogP contribution in [0, 0.1) is 6.92 Å². The van der Waals surface area contributed by atoms with Crippen LogP contribution in [0.5, 0.6) is 5.75 Å². The Hall–Kier alpha value is -3.13. The van der Waals surface area contributed by atoms with Crippen LogP contribution in [0.3, 0.4) is 0 Å². The highest BCUT2D eigenvalue weighted by molar-refractivity contribution is 6.05. The summed E-state index contributed by atoms with van der Waals surface area (Å²) in [4.78, 5) is 21.7. The summed E-state index contributed by atoms with van der Waals surface area (Å²) in [5.74, 6) is -0.0659. The van der Waals surface area contributed by atoms with Crippen LogP contribution in [0.4, 0.5) is 5.69 Å². The molecule has 8 heteroatoms. The molecule has 1 N–H and O–H groups in total. The first-order valence-electron chi connectivity index (χ1n) is 10.2. The van der Waals surface area contributed by atoms with Gasteiger partial charge in [-0.1, -0.05) is 12.1 Å². The molecule has 0 atom stereocenters. The maximum Gasteiger partial charge on any atom is 0.341 e. The summed E-state index contributed by atoms with van der Waals surface area (Å²) >= 11 is 0. The van der Waals surface area contributed by atoms with E-state index in [0.717, 1.165) is 60.7 Å². The van der Waals surface area contributed by atoms with Crippen LogP contribution in [0.1, 0.15) is 28.5 Å². The third-order valence-electron chi connectivity index (χ3n) is 5.50. The van der Waals surface area contributed by atoms with Gasteiger partial charge in [-0.15, -0.1) is 0 Å². The van der Waals surface area contributed by atoms with E-state index in [1.54, 1.807) is 29.9 Å². The van der Waals surface area contributed by atoms with Crippen molar-refractivity contribution in [1.82, 2.24) is 19.7 Å². The van der Waals surface area contributed by atoms with E-state index in [1.165, 1.54) is 0 Å². The average molecular weight is 409 g/mol. The monoisotopic (exact) mass is 409 g/mol. The van der Waals surface area contributed by atoms with E-state index >= 15 is 0 Å². The van der Waals surface area contributed by atoms with Gasteiger partial charge in [0, 0.05) is 46.0 Å².